The molecule has 5 atom stereocenters. The number of aryl methyl sites for hydroxylation is 1. The van der Waals surface area contributed by atoms with Crippen molar-refractivity contribution in [3.05, 3.63) is 43.0 Å². The number of phosphoric acid groups is 3. The molecule has 1 aromatic heterocycles. The largest absolute Gasteiger partial charge is 0.490 e. The number of phosphoric ester groups is 1. The smallest absolute Gasteiger partial charge is 0.472 e. The molecule has 1 aliphatic rings. The first kappa shape index (κ1) is 34.0. The molecule has 0 aromatic carbocycles. The third-order valence-corrected chi connectivity index (χ3v) is 8.23. The Balaban J connectivity index is 0.000000905. The number of hydrogen-bond acceptors (Lipinski definition) is 12. The summed E-state index contributed by atoms with van der Waals surface area (Å²) in [4.78, 5) is 88.2. The summed E-state index contributed by atoms with van der Waals surface area (Å²) >= 11 is 0. The van der Waals surface area contributed by atoms with E-state index in [2.05, 4.69) is 23.2 Å². The number of nitrogens with one attached hydrogen (secondary N) is 1. The number of carbonyl (C=O) groups is 1. The van der Waals surface area contributed by atoms with E-state index in [1.165, 1.54) is 13.1 Å². The van der Waals surface area contributed by atoms with Crippen molar-refractivity contribution < 1.29 is 75.4 Å². The molecule has 1 saturated heterocycles. The second kappa shape index (κ2) is 12.9. The highest BCUT2D eigenvalue weighted by molar-refractivity contribution is 7.69. The van der Waals surface area contributed by atoms with Crippen molar-refractivity contribution in [2.45, 2.75) is 31.7 Å². The molecule has 27 heteroatoms. The van der Waals surface area contributed by atoms with Crippen LogP contribution in [0.4, 0.5) is 4.79 Å². The molecule has 0 radical (unpaired) electrons. The molecule has 2 unspecified atom stereocenters. The highest BCUT2D eigenvalue weighted by atomic mass is 31.3. The Kier molecular flexibility index (Phi) is 11.5. The maximum absolute atomic E-state index is 12.0. The molecule has 0 amide bonds. The molecule has 1 aliphatic heterocycles. The fourth-order valence-corrected chi connectivity index (χ4v) is 5.52. The quantitative estimate of drug-likeness (QED) is 0.0727. The molecule has 1 aromatic rings. The van der Waals surface area contributed by atoms with E-state index in [4.69, 9.17) is 39.8 Å². The van der Waals surface area contributed by atoms with E-state index in [0.717, 1.165) is 4.57 Å². The van der Waals surface area contributed by atoms with Gasteiger partial charge in [0.15, 0.2) is 0 Å². The van der Waals surface area contributed by atoms with Crippen LogP contribution < -0.4 is 11.2 Å². The second-order valence-corrected chi connectivity index (χ2v) is 12.7. The Hall–Kier alpha value is -2.02. The highest BCUT2D eigenvalue weighted by Gasteiger charge is 2.43. The van der Waals surface area contributed by atoms with Crippen molar-refractivity contribution in [2.75, 3.05) is 6.61 Å². The van der Waals surface area contributed by atoms with Gasteiger partial charge in [-0.15, -0.1) is 0 Å². The molecule has 0 bridgehead atoms. The molecule has 0 aliphatic carbocycles. The van der Waals surface area contributed by atoms with Gasteiger partial charge in [0.2, 0.25) is 0 Å². The van der Waals surface area contributed by atoms with Crippen LogP contribution in [-0.2, 0) is 36.1 Å². The van der Waals surface area contributed by atoms with Crippen molar-refractivity contribution in [3.8, 4) is 0 Å². The summed E-state index contributed by atoms with van der Waals surface area (Å²) in [5.41, 5.74) is 5.29. The number of rotatable bonds is 10. The topological polar surface area (TPSA) is 368 Å². The van der Waals surface area contributed by atoms with Gasteiger partial charge in [-0.1, -0.05) is 5.11 Å². The van der Waals surface area contributed by atoms with Crippen LogP contribution in [0.5, 0.6) is 0 Å². The molecule has 23 nitrogen and oxygen atoms in total. The van der Waals surface area contributed by atoms with Crippen LogP contribution in [0.15, 0.2) is 20.9 Å². The Morgan fingerprint density at radius 2 is 1.71 bits per heavy atom. The molecule has 1 fully saturated rings. The third kappa shape index (κ3) is 11.4. The minimum absolute atomic E-state index is 0.111. The molecule has 2 rings (SSSR count). The lowest BCUT2D eigenvalue weighted by Crippen LogP contribution is -2.33. The van der Waals surface area contributed by atoms with Gasteiger partial charge >= 0.3 is 42.5 Å². The maximum Gasteiger partial charge on any atom is 0.490 e. The van der Waals surface area contributed by atoms with Gasteiger partial charge in [-0.2, -0.15) is 8.62 Å². The van der Waals surface area contributed by atoms with E-state index in [0.29, 0.717) is 0 Å². The van der Waals surface area contributed by atoms with Crippen molar-refractivity contribution >= 4 is 36.8 Å². The van der Waals surface area contributed by atoms with E-state index in [1.54, 1.807) is 0 Å². The predicted molar refractivity (Wildman–Crippen MR) is 117 cm³/mol. The first-order chi connectivity index (χ1) is 17.1. The van der Waals surface area contributed by atoms with Crippen molar-refractivity contribution in [1.82, 2.24) is 9.55 Å². The van der Waals surface area contributed by atoms with Gasteiger partial charge in [-0.3, -0.25) is 18.9 Å². The molecule has 216 valence electrons. The van der Waals surface area contributed by atoms with Crippen molar-refractivity contribution in [3.63, 3.8) is 0 Å². The average molecular weight is 633 g/mol. The summed E-state index contributed by atoms with van der Waals surface area (Å²) < 4.78 is 61.3. The molecule has 0 saturated carbocycles. The first-order valence-corrected chi connectivity index (χ1v) is 15.3. The lowest BCUT2D eigenvalue weighted by molar-refractivity contribution is -0.0267. The standard InChI is InChI=1S/C10H16N5O13P3.CH3O5P/c1-5-3-15(10(17)12-9(5)16)8-2-6(13-14-11)7(26-8)4-25-30(21,22)28-31(23,24)27-29(18,19)20;2-1(3)7(4,5)6/h3,6-8H,2,4H2,1H3,(H,21,22)(H,23,24)(H,12,16,17)(H2,18,19,20);(H,2,3)(H2,4,5,6)/t6-,7+,8+;/m0./s1. The fourth-order valence-electron chi connectivity index (χ4n) is 2.49. The summed E-state index contributed by atoms with van der Waals surface area (Å²) in [5, 5.41) is 10.9. The van der Waals surface area contributed by atoms with Gasteiger partial charge in [0.25, 0.3) is 5.56 Å². The molecule has 38 heavy (non-hydrogen) atoms. The number of aromatic amines is 1. The number of ether oxygens (including phenoxy) is 1. The van der Waals surface area contributed by atoms with Crippen LogP contribution in [0, 0.1) is 6.92 Å². The van der Waals surface area contributed by atoms with Crippen LogP contribution in [0.1, 0.15) is 18.2 Å². The van der Waals surface area contributed by atoms with Crippen molar-refractivity contribution in [2.24, 2.45) is 5.11 Å². The summed E-state index contributed by atoms with van der Waals surface area (Å²) in [6, 6.07) is -1.04. The monoisotopic (exact) mass is 633 g/mol. The van der Waals surface area contributed by atoms with Gasteiger partial charge in [-0.25, -0.2) is 27.8 Å². The summed E-state index contributed by atoms with van der Waals surface area (Å²) in [7, 11) is -21.5. The van der Waals surface area contributed by atoms with Crippen LogP contribution in [-0.4, -0.2) is 68.5 Å². The number of aromatic nitrogens is 2. The van der Waals surface area contributed by atoms with E-state index >= 15 is 0 Å². The fraction of sp³-hybridized carbons (Fsp3) is 0.545. The van der Waals surface area contributed by atoms with Gasteiger partial charge in [-0.05, 0) is 12.5 Å². The minimum Gasteiger partial charge on any atom is -0.472 e. The molecule has 8 N–H and O–H groups in total. The van der Waals surface area contributed by atoms with E-state index in [-0.39, 0.29) is 12.0 Å². The third-order valence-electron chi connectivity index (χ3n) is 3.93. The Morgan fingerprint density at radius 1 is 1.16 bits per heavy atom. The van der Waals surface area contributed by atoms with Crippen molar-refractivity contribution in [1.29, 1.82) is 0 Å². The van der Waals surface area contributed by atoms with E-state index < -0.39 is 73.0 Å². The predicted octanol–water partition coefficient (Wildman–Crippen LogP) is -0.00318. The van der Waals surface area contributed by atoms with Crippen LogP contribution >= 0.6 is 31.1 Å². The Morgan fingerprint density at radius 3 is 2.18 bits per heavy atom. The molecular weight excluding hydrogens is 614 g/mol. The van der Waals surface area contributed by atoms with E-state index in [9.17, 15) is 37.5 Å². The maximum atomic E-state index is 12.0. The van der Waals surface area contributed by atoms with Crippen LogP contribution in [0.2, 0.25) is 0 Å². The number of H-pyrrole nitrogens is 1. The number of azide groups is 1. The summed E-state index contributed by atoms with van der Waals surface area (Å²) in [5.74, 6) is 0. The molecular formula is C11H19N5O18P4. The normalized spacial score (nSPS) is 22.8. The van der Waals surface area contributed by atoms with Gasteiger partial charge < -0.3 is 39.2 Å². The van der Waals surface area contributed by atoms with Crippen LogP contribution in [0.3, 0.4) is 0 Å². The van der Waals surface area contributed by atoms with Gasteiger partial charge in [0.1, 0.15) is 6.23 Å². The first-order valence-electron chi connectivity index (χ1n) is 9.16. The SMILES string of the molecule is Cc1cn([C@H]2C[C@H](N=[N+]=[N-])[C@@H](COP(=O)(O)OP(=O)(O)OP(=O)(O)O)O2)c(=O)[nH]c1=O.O=C(O)P(=O)(O)O. The lowest BCUT2D eigenvalue weighted by atomic mass is 10.1. The highest BCUT2D eigenvalue weighted by Crippen LogP contribution is 2.66. The van der Waals surface area contributed by atoms with E-state index in [1.807, 2.05) is 4.98 Å². The molecule has 0 spiro atoms. The summed E-state index contributed by atoms with van der Waals surface area (Å²) in [6.07, 6.45) is -1.26. The number of carboxylic acid groups (broad SMARTS) is 1. The lowest BCUT2D eigenvalue weighted by Gasteiger charge is -2.19. The average Bonchev–Trinajstić information content (AvgIpc) is 3.09. The number of nitrogens with zero attached hydrogens (tertiary/aromatic N) is 4. The van der Waals surface area contributed by atoms with Gasteiger partial charge in [0, 0.05) is 23.1 Å². The minimum atomic E-state index is -5.70. The number of hydrogen-bond donors (Lipinski definition) is 8. The summed E-state index contributed by atoms with van der Waals surface area (Å²) in [6.45, 7) is 0.544. The molecule has 2 heterocycles. The second-order valence-electron chi connectivity index (χ2n) is 6.83. The van der Waals surface area contributed by atoms with Gasteiger partial charge in [0.05, 0.1) is 18.8 Å². The zero-order valence-corrected chi connectivity index (χ0v) is 22.0. The van der Waals surface area contributed by atoms with Crippen LogP contribution in [0.25, 0.3) is 10.4 Å². The zero-order valence-electron chi connectivity index (χ0n) is 18.4. The Bertz CT molecular complexity index is 1390. The Labute approximate surface area is 208 Å². The zero-order chi connectivity index (χ0) is 29.7.